The largest absolute Gasteiger partial charge is 0.397 e. The zero-order chi connectivity index (χ0) is 11.5. The number of nitrogens with zero attached hydrogens (tertiary/aromatic N) is 1. The molecule has 0 radical (unpaired) electrons. The van der Waals surface area contributed by atoms with Crippen molar-refractivity contribution >= 4 is 23.0 Å². The molecule has 0 aliphatic heterocycles. The summed E-state index contributed by atoms with van der Waals surface area (Å²) < 4.78 is 0. The van der Waals surface area contributed by atoms with Gasteiger partial charge in [0.05, 0.1) is 16.4 Å². The van der Waals surface area contributed by atoms with Gasteiger partial charge in [-0.15, -0.1) is 0 Å². The average Bonchev–Trinajstić information content (AvgIpc) is 2.15. The summed E-state index contributed by atoms with van der Waals surface area (Å²) in [6.07, 6.45) is 5.45. The van der Waals surface area contributed by atoms with Crippen LogP contribution in [0.5, 0.6) is 0 Å². The Kier molecular flexibility index (Phi) is 3.59. The van der Waals surface area contributed by atoms with E-state index in [1.807, 2.05) is 18.2 Å². The fraction of sp³-hybridized carbons (Fsp3) is 0.538. The van der Waals surface area contributed by atoms with E-state index in [0.717, 1.165) is 28.9 Å². The minimum atomic E-state index is 0.746. The number of hydrogen-bond donors (Lipinski definition) is 1. The van der Waals surface area contributed by atoms with E-state index < -0.39 is 0 Å². The van der Waals surface area contributed by atoms with Crippen molar-refractivity contribution in [3.63, 3.8) is 0 Å². The number of hydrogen-bond acceptors (Lipinski definition) is 2. The molecule has 2 N–H and O–H groups in total. The molecular weight excluding hydrogens is 220 g/mol. The van der Waals surface area contributed by atoms with E-state index in [0.29, 0.717) is 0 Å². The Hall–Kier alpha value is -0.890. The lowest BCUT2D eigenvalue weighted by molar-refractivity contribution is 0.299. The highest BCUT2D eigenvalue weighted by Gasteiger charge is 2.18. The minimum Gasteiger partial charge on any atom is -0.397 e. The van der Waals surface area contributed by atoms with E-state index in [1.54, 1.807) is 0 Å². The molecule has 2 rings (SSSR count). The molecule has 0 spiro atoms. The molecule has 1 aromatic carbocycles. The van der Waals surface area contributed by atoms with Crippen LogP contribution in [0, 0.1) is 5.92 Å². The summed E-state index contributed by atoms with van der Waals surface area (Å²) in [6.45, 7) is 1.04. The number of para-hydroxylation sites is 1. The summed E-state index contributed by atoms with van der Waals surface area (Å²) >= 11 is 6.17. The van der Waals surface area contributed by atoms with Gasteiger partial charge >= 0.3 is 0 Å². The summed E-state index contributed by atoms with van der Waals surface area (Å²) in [5.74, 6) is 0.922. The van der Waals surface area contributed by atoms with Crippen molar-refractivity contribution in [2.75, 3.05) is 24.2 Å². The van der Waals surface area contributed by atoms with Gasteiger partial charge in [-0.2, -0.15) is 0 Å². The van der Waals surface area contributed by atoms with Gasteiger partial charge in [-0.1, -0.05) is 36.9 Å². The first-order valence-electron chi connectivity index (χ1n) is 5.93. The molecule has 88 valence electrons. The van der Waals surface area contributed by atoms with Crippen molar-refractivity contribution in [1.29, 1.82) is 0 Å². The van der Waals surface area contributed by atoms with E-state index in [2.05, 4.69) is 11.9 Å². The summed E-state index contributed by atoms with van der Waals surface area (Å²) in [6, 6.07) is 5.69. The molecule has 1 aliphatic carbocycles. The second-order valence-electron chi connectivity index (χ2n) is 4.68. The number of nitrogens with two attached hydrogens (primary N) is 1. The van der Waals surface area contributed by atoms with Gasteiger partial charge in [0.2, 0.25) is 0 Å². The first kappa shape index (κ1) is 11.6. The molecule has 0 saturated heterocycles. The molecule has 3 heteroatoms. The van der Waals surface area contributed by atoms with Gasteiger partial charge in [0, 0.05) is 13.6 Å². The van der Waals surface area contributed by atoms with E-state index >= 15 is 0 Å². The smallest absolute Gasteiger partial charge is 0.0786 e. The highest BCUT2D eigenvalue weighted by molar-refractivity contribution is 6.33. The van der Waals surface area contributed by atoms with Gasteiger partial charge < -0.3 is 10.6 Å². The van der Waals surface area contributed by atoms with E-state index in [4.69, 9.17) is 17.3 Å². The molecule has 0 bridgehead atoms. The maximum absolute atomic E-state index is 6.17. The third kappa shape index (κ3) is 2.43. The fourth-order valence-electron chi connectivity index (χ4n) is 2.20. The molecular formula is C13H19ClN2. The topological polar surface area (TPSA) is 29.3 Å². The monoisotopic (exact) mass is 238 g/mol. The van der Waals surface area contributed by atoms with Crippen molar-refractivity contribution in [3.8, 4) is 0 Å². The SMILES string of the molecule is CN(CCC1CCC1)c1c(N)cccc1Cl. The lowest BCUT2D eigenvalue weighted by Crippen LogP contribution is -2.24. The van der Waals surface area contributed by atoms with Crippen LogP contribution in [0.1, 0.15) is 25.7 Å². The number of rotatable bonds is 4. The van der Waals surface area contributed by atoms with Crippen molar-refractivity contribution in [1.82, 2.24) is 0 Å². The van der Waals surface area contributed by atoms with E-state index in [1.165, 1.54) is 25.7 Å². The number of nitrogen functional groups attached to an aromatic ring is 1. The van der Waals surface area contributed by atoms with Crippen LogP contribution < -0.4 is 10.6 Å². The van der Waals surface area contributed by atoms with Gasteiger partial charge in [0.15, 0.2) is 0 Å². The van der Waals surface area contributed by atoms with Crippen LogP contribution >= 0.6 is 11.6 Å². The Morgan fingerprint density at radius 1 is 1.44 bits per heavy atom. The van der Waals surface area contributed by atoms with Crippen LogP contribution in [0.3, 0.4) is 0 Å². The first-order chi connectivity index (χ1) is 7.68. The second kappa shape index (κ2) is 4.96. The molecule has 0 atom stereocenters. The van der Waals surface area contributed by atoms with Crippen LogP contribution in [0.15, 0.2) is 18.2 Å². The van der Waals surface area contributed by atoms with Gasteiger partial charge in [-0.3, -0.25) is 0 Å². The third-order valence-corrected chi connectivity index (χ3v) is 3.80. The zero-order valence-electron chi connectivity index (χ0n) is 9.75. The minimum absolute atomic E-state index is 0.746. The number of halogens is 1. The van der Waals surface area contributed by atoms with Crippen LogP contribution in [-0.2, 0) is 0 Å². The van der Waals surface area contributed by atoms with Crippen LogP contribution in [0.25, 0.3) is 0 Å². The molecule has 0 heterocycles. The maximum atomic E-state index is 6.17. The van der Waals surface area contributed by atoms with Gasteiger partial charge in [0.25, 0.3) is 0 Å². The molecule has 2 nitrogen and oxygen atoms in total. The molecule has 0 aromatic heterocycles. The quantitative estimate of drug-likeness (QED) is 0.813. The van der Waals surface area contributed by atoms with E-state index in [9.17, 15) is 0 Å². The molecule has 1 aromatic rings. The predicted octanol–water partition coefficient (Wildman–Crippen LogP) is 3.55. The average molecular weight is 239 g/mol. The number of anilines is 2. The van der Waals surface area contributed by atoms with Crippen molar-refractivity contribution in [2.45, 2.75) is 25.7 Å². The summed E-state index contributed by atoms with van der Waals surface area (Å²) in [5, 5.41) is 0.746. The summed E-state index contributed by atoms with van der Waals surface area (Å²) in [7, 11) is 2.07. The standard InChI is InChI=1S/C13H19ClN2/c1-16(9-8-10-4-2-5-10)13-11(14)6-3-7-12(13)15/h3,6-7,10H,2,4-5,8-9,15H2,1H3. The fourth-order valence-corrected chi connectivity index (χ4v) is 2.53. The maximum Gasteiger partial charge on any atom is 0.0786 e. The highest BCUT2D eigenvalue weighted by Crippen LogP contribution is 2.33. The third-order valence-electron chi connectivity index (χ3n) is 3.50. The Labute approximate surface area is 102 Å². The molecule has 0 unspecified atom stereocenters. The van der Waals surface area contributed by atoms with Crippen molar-refractivity contribution in [2.24, 2.45) is 5.92 Å². The van der Waals surface area contributed by atoms with Gasteiger partial charge in [-0.05, 0) is 24.5 Å². The van der Waals surface area contributed by atoms with Crippen LogP contribution in [0.4, 0.5) is 11.4 Å². The van der Waals surface area contributed by atoms with Crippen molar-refractivity contribution in [3.05, 3.63) is 23.2 Å². The Morgan fingerprint density at radius 2 is 2.19 bits per heavy atom. The molecule has 1 fully saturated rings. The van der Waals surface area contributed by atoms with Crippen LogP contribution in [-0.4, -0.2) is 13.6 Å². The van der Waals surface area contributed by atoms with Gasteiger partial charge in [-0.25, -0.2) is 0 Å². The molecule has 1 saturated carbocycles. The second-order valence-corrected chi connectivity index (χ2v) is 5.09. The lowest BCUT2D eigenvalue weighted by atomic mass is 9.83. The summed E-state index contributed by atoms with van der Waals surface area (Å²) in [5.41, 5.74) is 7.69. The normalized spacial score (nSPS) is 15.9. The van der Waals surface area contributed by atoms with Gasteiger partial charge in [0.1, 0.15) is 0 Å². The number of benzene rings is 1. The molecule has 1 aliphatic rings. The molecule has 16 heavy (non-hydrogen) atoms. The predicted molar refractivity (Wildman–Crippen MR) is 71.1 cm³/mol. The summed E-state index contributed by atoms with van der Waals surface area (Å²) in [4.78, 5) is 2.18. The Bertz CT molecular complexity index is 341. The molecule has 0 amide bonds. The van der Waals surface area contributed by atoms with E-state index in [-0.39, 0.29) is 0 Å². The zero-order valence-corrected chi connectivity index (χ0v) is 10.5. The van der Waals surface area contributed by atoms with Crippen molar-refractivity contribution < 1.29 is 0 Å². The highest BCUT2D eigenvalue weighted by atomic mass is 35.5. The Balaban J connectivity index is 1.98. The lowest BCUT2D eigenvalue weighted by Gasteiger charge is -2.29. The first-order valence-corrected chi connectivity index (χ1v) is 6.31. The van der Waals surface area contributed by atoms with Crippen LogP contribution in [0.2, 0.25) is 5.02 Å². The Morgan fingerprint density at radius 3 is 2.75 bits per heavy atom.